The zero-order valence-electron chi connectivity index (χ0n) is 15.0. The molecule has 0 spiro atoms. The van der Waals surface area contributed by atoms with Crippen LogP contribution in [0.2, 0.25) is 0 Å². The average molecular weight is 386 g/mol. The van der Waals surface area contributed by atoms with Gasteiger partial charge >= 0.3 is 0 Å². The third-order valence-electron chi connectivity index (χ3n) is 5.18. The molecule has 0 bridgehead atoms. The molecule has 0 fully saturated rings. The number of carbonyl (C=O) groups is 1. The lowest BCUT2D eigenvalue weighted by atomic mass is 9.65. The van der Waals surface area contributed by atoms with Crippen molar-refractivity contribution in [2.24, 2.45) is 0 Å². The third kappa shape index (κ3) is 2.69. The van der Waals surface area contributed by atoms with Gasteiger partial charge in [-0.3, -0.25) is 4.79 Å². The molecule has 1 heterocycles. The molecule has 2 aromatic carbocycles. The fourth-order valence-electron chi connectivity index (χ4n) is 4.32. The van der Waals surface area contributed by atoms with Gasteiger partial charge in [-0.15, -0.1) is 0 Å². The molecule has 1 atom stereocenters. The average Bonchev–Trinajstić information content (AvgIpc) is 2.47. The second-order valence-electron chi connectivity index (χ2n) is 7.70. The van der Waals surface area contributed by atoms with Crippen molar-refractivity contribution in [1.29, 1.82) is 0 Å². The molecule has 2 nitrogen and oxygen atoms in total. The molecule has 0 aromatic heterocycles. The van der Waals surface area contributed by atoms with Gasteiger partial charge in [0.1, 0.15) is 0 Å². The van der Waals surface area contributed by atoms with Gasteiger partial charge in [0.15, 0.2) is 0 Å². The summed E-state index contributed by atoms with van der Waals surface area (Å²) in [5.74, 6) is 0.1000. The predicted octanol–water partition coefficient (Wildman–Crippen LogP) is 5.60. The quantitative estimate of drug-likeness (QED) is 0.625. The lowest BCUT2D eigenvalue weighted by Crippen LogP contribution is -2.55. The molecule has 0 saturated carbocycles. The summed E-state index contributed by atoms with van der Waals surface area (Å²) in [6.45, 7) is 10.4. The molecular formula is C21H24BrNO. The van der Waals surface area contributed by atoms with Crippen LogP contribution in [-0.2, 0) is 10.2 Å². The van der Waals surface area contributed by atoms with Crippen LogP contribution in [-0.4, -0.2) is 11.4 Å². The fourth-order valence-corrected chi connectivity index (χ4v) is 4.59. The van der Waals surface area contributed by atoms with E-state index in [2.05, 4.69) is 86.1 Å². The number of amides is 1. The van der Waals surface area contributed by atoms with Gasteiger partial charge in [-0.2, -0.15) is 0 Å². The van der Waals surface area contributed by atoms with Crippen LogP contribution in [0.5, 0.6) is 0 Å². The summed E-state index contributed by atoms with van der Waals surface area (Å²) in [4.78, 5) is 14.3. The number of nitrogens with zero attached hydrogens (tertiary/aromatic N) is 1. The number of carbonyl (C=O) groups excluding carboxylic acids is 1. The van der Waals surface area contributed by atoms with E-state index in [1.165, 1.54) is 16.7 Å². The van der Waals surface area contributed by atoms with E-state index in [9.17, 15) is 4.79 Å². The van der Waals surface area contributed by atoms with E-state index < -0.39 is 0 Å². The van der Waals surface area contributed by atoms with Crippen molar-refractivity contribution in [3.63, 3.8) is 0 Å². The minimum atomic E-state index is -0.240. The van der Waals surface area contributed by atoms with E-state index in [0.717, 1.165) is 16.6 Å². The third-order valence-corrected chi connectivity index (χ3v) is 5.70. The lowest BCUT2D eigenvalue weighted by Gasteiger charge is -2.51. The van der Waals surface area contributed by atoms with Crippen molar-refractivity contribution in [2.75, 3.05) is 4.90 Å². The summed E-state index contributed by atoms with van der Waals surface area (Å²) in [6.07, 6.45) is 0.887. The van der Waals surface area contributed by atoms with Gasteiger partial charge in [-0.25, -0.2) is 0 Å². The van der Waals surface area contributed by atoms with Crippen molar-refractivity contribution >= 4 is 27.5 Å². The number of anilines is 1. The maximum Gasteiger partial charge on any atom is 0.224 e. The Kier molecular flexibility index (Phi) is 4.11. The Morgan fingerprint density at radius 1 is 1.08 bits per heavy atom. The minimum absolute atomic E-state index is 0.1000. The first-order valence-electron chi connectivity index (χ1n) is 8.33. The Balaban J connectivity index is 2.28. The van der Waals surface area contributed by atoms with Crippen molar-refractivity contribution in [1.82, 2.24) is 0 Å². The zero-order valence-corrected chi connectivity index (χ0v) is 16.6. The number of aryl methyl sites for hydroxylation is 1. The SMILES string of the molecule is CC(=O)N1c2ccc(C)cc2C(C)(c2ccc(Br)cc2)CC1(C)C. The van der Waals surface area contributed by atoms with Gasteiger partial charge in [0.05, 0.1) is 0 Å². The van der Waals surface area contributed by atoms with Gasteiger partial charge in [0, 0.05) is 28.0 Å². The van der Waals surface area contributed by atoms with Crippen LogP contribution in [0, 0.1) is 6.92 Å². The summed E-state index contributed by atoms with van der Waals surface area (Å²) < 4.78 is 1.08. The topological polar surface area (TPSA) is 20.3 Å². The van der Waals surface area contributed by atoms with Gasteiger partial charge in [-0.1, -0.05) is 52.7 Å². The van der Waals surface area contributed by atoms with Crippen molar-refractivity contribution in [3.05, 3.63) is 63.6 Å². The molecule has 1 unspecified atom stereocenters. The van der Waals surface area contributed by atoms with E-state index in [1.54, 1.807) is 6.92 Å². The molecule has 3 heteroatoms. The van der Waals surface area contributed by atoms with Crippen LogP contribution < -0.4 is 4.90 Å². The normalized spacial score (nSPS) is 22.2. The maximum atomic E-state index is 12.4. The van der Waals surface area contributed by atoms with E-state index in [0.29, 0.717) is 0 Å². The Labute approximate surface area is 153 Å². The zero-order chi connectivity index (χ0) is 17.7. The molecule has 126 valence electrons. The van der Waals surface area contributed by atoms with Crippen LogP contribution in [0.15, 0.2) is 46.9 Å². The highest BCUT2D eigenvalue weighted by atomic mass is 79.9. The Bertz CT molecular complexity index is 794. The summed E-state index contributed by atoms with van der Waals surface area (Å²) in [6, 6.07) is 15.0. The van der Waals surface area contributed by atoms with Gasteiger partial charge in [0.2, 0.25) is 5.91 Å². The maximum absolute atomic E-state index is 12.4. The van der Waals surface area contributed by atoms with Crippen molar-refractivity contribution in [2.45, 2.75) is 52.0 Å². The first-order chi connectivity index (χ1) is 11.1. The first kappa shape index (κ1) is 17.2. The Morgan fingerprint density at radius 2 is 1.71 bits per heavy atom. The first-order valence-corrected chi connectivity index (χ1v) is 9.12. The number of fused-ring (bicyclic) bond motifs is 1. The second-order valence-corrected chi connectivity index (χ2v) is 8.62. The smallest absolute Gasteiger partial charge is 0.224 e. The molecule has 3 rings (SSSR count). The van der Waals surface area contributed by atoms with Crippen LogP contribution in [0.4, 0.5) is 5.69 Å². The summed E-state index contributed by atoms with van der Waals surface area (Å²) in [5.41, 5.74) is 4.41. The fraction of sp³-hybridized carbons (Fsp3) is 0.381. The van der Waals surface area contributed by atoms with E-state index in [4.69, 9.17) is 0 Å². The highest BCUT2D eigenvalue weighted by Crippen LogP contribution is 2.50. The molecule has 1 aliphatic heterocycles. The molecule has 0 aliphatic carbocycles. The van der Waals surface area contributed by atoms with Crippen molar-refractivity contribution < 1.29 is 4.79 Å². The van der Waals surface area contributed by atoms with Gasteiger partial charge in [0.25, 0.3) is 0 Å². The van der Waals surface area contributed by atoms with Crippen LogP contribution in [0.25, 0.3) is 0 Å². The van der Waals surface area contributed by atoms with Crippen LogP contribution in [0.3, 0.4) is 0 Å². The standard InChI is InChI=1S/C21H24BrNO/c1-14-6-11-19-18(12-14)21(5,16-7-9-17(22)10-8-16)13-20(3,4)23(19)15(2)24/h6-12H,13H2,1-5H3. The van der Waals surface area contributed by atoms with Gasteiger partial charge in [-0.05, 0) is 56.5 Å². The highest BCUT2D eigenvalue weighted by Gasteiger charge is 2.46. The van der Waals surface area contributed by atoms with Gasteiger partial charge < -0.3 is 4.90 Å². The largest absolute Gasteiger partial charge is 0.307 e. The van der Waals surface area contributed by atoms with E-state index in [-0.39, 0.29) is 16.9 Å². The molecule has 1 aliphatic rings. The minimum Gasteiger partial charge on any atom is -0.307 e. The molecule has 0 radical (unpaired) electrons. The van der Waals surface area contributed by atoms with E-state index in [1.807, 2.05) is 4.90 Å². The molecule has 24 heavy (non-hydrogen) atoms. The Hall–Kier alpha value is -1.61. The number of benzene rings is 2. The monoisotopic (exact) mass is 385 g/mol. The van der Waals surface area contributed by atoms with Crippen LogP contribution in [0.1, 0.15) is 50.8 Å². The predicted molar refractivity (Wildman–Crippen MR) is 104 cm³/mol. The summed E-state index contributed by atoms with van der Waals surface area (Å²) in [7, 11) is 0. The Morgan fingerprint density at radius 3 is 2.29 bits per heavy atom. The van der Waals surface area contributed by atoms with Crippen LogP contribution >= 0.6 is 15.9 Å². The molecule has 2 aromatic rings. The molecule has 0 saturated heterocycles. The highest BCUT2D eigenvalue weighted by molar-refractivity contribution is 9.10. The molecular weight excluding hydrogens is 362 g/mol. The second kappa shape index (κ2) is 5.73. The van der Waals surface area contributed by atoms with E-state index >= 15 is 0 Å². The number of rotatable bonds is 1. The molecule has 1 amide bonds. The summed E-state index contributed by atoms with van der Waals surface area (Å²) in [5, 5.41) is 0. The lowest BCUT2D eigenvalue weighted by molar-refractivity contribution is -0.117. The summed E-state index contributed by atoms with van der Waals surface area (Å²) >= 11 is 3.53. The number of halogens is 1. The van der Waals surface area contributed by atoms with Crippen molar-refractivity contribution in [3.8, 4) is 0 Å². The molecule has 0 N–H and O–H groups in total. The number of hydrogen-bond acceptors (Lipinski definition) is 1. The number of hydrogen-bond donors (Lipinski definition) is 0.